The summed E-state index contributed by atoms with van der Waals surface area (Å²) < 4.78 is 14.6. The minimum absolute atomic E-state index is 0.305. The zero-order valence-corrected chi connectivity index (χ0v) is 9.84. The summed E-state index contributed by atoms with van der Waals surface area (Å²) in [5, 5.41) is 11.5. The van der Waals surface area contributed by atoms with E-state index in [0.29, 0.717) is 23.8 Å². The normalized spacial score (nSPS) is 11.0. The van der Waals surface area contributed by atoms with Crippen molar-refractivity contribution in [2.24, 2.45) is 5.10 Å². The fourth-order valence-electron chi connectivity index (χ4n) is 1.38. The Hall–Kier alpha value is -2.44. The molecule has 3 N–H and O–H groups in total. The van der Waals surface area contributed by atoms with Gasteiger partial charge in [0.15, 0.2) is 5.82 Å². The number of aryl methyl sites for hydroxylation is 1. The molecule has 0 aliphatic heterocycles. The lowest BCUT2D eigenvalue weighted by Crippen LogP contribution is -2.14. The first-order chi connectivity index (χ1) is 8.72. The molecular formula is C11H13FN6. The second-order valence-electron chi connectivity index (χ2n) is 3.55. The maximum Gasteiger partial charge on any atom is 0.263 e. The number of nitrogens with one attached hydrogen (secondary N) is 1. The van der Waals surface area contributed by atoms with Gasteiger partial charge in [0.05, 0.1) is 6.21 Å². The van der Waals surface area contributed by atoms with Crippen LogP contribution in [0.15, 0.2) is 29.4 Å². The summed E-state index contributed by atoms with van der Waals surface area (Å²) in [5.41, 5.74) is 2.99. The molecule has 7 heteroatoms. The summed E-state index contributed by atoms with van der Waals surface area (Å²) in [7, 11) is 0. The zero-order chi connectivity index (χ0) is 13.0. The van der Waals surface area contributed by atoms with Gasteiger partial charge in [-0.05, 0) is 6.07 Å². The fraction of sp³-hybridized carbons (Fsp3) is 0.182. The molecule has 0 saturated heterocycles. The van der Waals surface area contributed by atoms with Gasteiger partial charge in [0, 0.05) is 12.0 Å². The van der Waals surface area contributed by atoms with Gasteiger partial charge in [0.1, 0.15) is 5.82 Å². The highest BCUT2D eigenvalue weighted by Gasteiger charge is 2.05. The number of halogens is 1. The van der Waals surface area contributed by atoms with Crippen molar-refractivity contribution in [2.45, 2.75) is 13.3 Å². The minimum atomic E-state index is -0.341. The number of rotatable bonds is 4. The summed E-state index contributed by atoms with van der Waals surface area (Å²) in [5.74, 6) is 6.31. The number of benzene rings is 1. The number of nitrogen functional groups attached to an aromatic ring is 1. The average Bonchev–Trinajstić information content (AvgIpc) is 2.73. The highest BCUT2D eigenvalue weighted by molar-refractivity contribution is 5.80. The maximum absolute atomic E-state index is 13.3. The van der Waals surface area contributed by atoms with Crippen LogP contribution in [0.1, 0.15) is 18.3 Å². The van der Waals surface area contributed by atoms with Gasteiger partial charge in [-0.1, -0.05) is 25.1 Å². The molecule has 1 aromatic heterocycles. The van der Waals surface area contributed by atoms with Crippen LogP contribution in [-0.2, 0) is 6.42 Å². The Balaban J connectivity index is 2.07. The van der Waals surface area contributed by atoms with Gasteiger partial charge < -0.3 is 5.84 Å². The molecule has 0 atom stereocenters. The molecule has 0 saturated carbocycles. The molecule has 18 heavy (non-hydrogen) atoms. The average molecular weight is 248 g/mol. The molecule has 0 bridgehead atoms. The van der Waals surface area contributed by atoms with Crippen LogP contribution in [0.4, 0.5) is 10.3 Å². The molecule has 2 rings (SSSR count). The van der Waals surface area contributed by atoms with Crippen molar-refractivity contribution in [3.05, 3.63) is 41.5 Å². The molecule has 0 spiro atoms. The van der Waals surface area contributed by atoms with Crippen molar-refractivity contribution in [1.82, 2.24) is 14.9 Å². The van der Waals surface area contributed by atoms with Crippen molar-refractivity contribution in [2.75, 3.05) is 11.3 Å². The first-order valence-corrected chi connectivity index (χ1v) is 5.45. The lowest BCUT2D eigenvalue weighted by molar-refractivity contribution is 0.626. The number of anilines is 1. The van der Waals surface area contributed by atoms with E-state index >= 15 is 0 Å². The number of aromatic nitrogens is 3. The van der Waals surface area contributed by atoms with Crippen LogP contribution in [0, 0.1) is 5.82 Å². The van der Waals surface area contributed by atoms with Gasteiger partial charge in [0.25, 0.3) is 5.95 Å². The summed E-state index contributed by atoms with van der Waals surface area (Å²) in [4.78, 5) is 0. The van der Waals surface area contributed by atoms with Gasteiger partial charge in [-0.15, -0.1) is 10.2 Å². The van der Waals surface area contributed by atoms with E-state index in [4.69, 9.17) is 5.84 Å². The SMILES string of the molecule is CCc1nnc(N/N=C/c2ccccc2F)n1N. The number of hydrogen-bond donors (Lipinski definition) is 2. The van der Waals surface area contributed by atoms with E-state index in [1.807, 2.05) is 6.92 Å². The maximum atomic E-state index is 13.3. The van der Waals surface area contributed by atoms with Crippen LogP contribution < -0.4 is 11.3 Å². The fourth-order valence-corrected chi connectivity index (χ4v) is 1.38. The van der Waals surface area contributed by atoms with Gasteiger partial charge >= 0.3 is 0 Å². The molecule has 6 nitrogen and oxygen atoms in total. The van der Waals surface area contributed by atoms with E-state index in [0.717, 1.165) is 0 Å². The van der Waals surface area contributed by atoms with E-state index in [1.165, 1.54) is 17.0 Å². The van der Waals surface area contributed by atoms with Gasteiger partial charge in [-0.3, -0.25) is 0 Å². The van der Waals surface area contributed by atoms with Crippen molar-refractivity contribution < 1.29 is 4.39 Å². The zero-order valence-electron chi connectivity index (χ0n) is 9.84. The first-order valence-electron chi connectivity index (χ1n) is 5.45. The number of nitrogens with two attached hydrogens (primary N) is 1. The lowest BCUT2D eigenvalue weighted by Gasteiger charge is -2.00. The van der Waals surface area contributed by atoms with Crippen LogP contribution in [0.25, 0.3) is 0 Å². The standard InChI is InChI=1S/C11H13FN6/c1-2-10-15-17-11(18(10)13)16-14-7-8-5-3-4-6-9(8)12/h3-7H,2,13H2,1H3,(H,16,17)/b14-7+. The first kappa shape index (κ1) is 12.0. The van der Waals surface area contributed by atoms with Crippen LogP contribution in [-0.4, -0.2) is 21.1 Å². The molecule has 0 aliphatic carbocycles. The third kappa shape index (κ3) is 2.45. The molecular weight excluding hydrogens is 235 g/mol. The summed E-state index contributed by atoms with van der Waals surface area (Å²) in [6.45, 7) is 1.92. The second kappa shape index (κ2) is 5.26. The number of hydrogen-bond acceptors (Lipinski definition) is 5. The molecule has 0 amide bonds. The highest BCUT2D eigenvalue weighted by atomic mass is 19.1. The molecule has 1 aromatic carbocycles. The van der Waals surface area contributed by atoms with Crippen LogP contribution >= 0.6 is 0 Å². The van der Waals surface area contributed by atoms with Crippen molar-refractivity contribution in [3.8, 4) is 0 Å². The van der Waals surface area contributed by atoms with Crippen molar-refractivity contribution in [1.29, 1.82) is 0 Å². The molecule has 0 aliphatic rings. The van der Waals surface area contributed by atoms with Gasteiger partial charge in [-0.2, -0.15) is 5.10 Å². The largest absolute Gasteiger partial charge is 0.335 e. The van der Waals surface area contributed by atoms with Crippen LogP contribution in [0.3, 0.4) is 0 Å². The predicted octanol–water partition coefficient (Wildman–Crippen LogP) is 1.14. The summed E-state index contributed by atoms with van der Waals surface area (Å²) in [6, 6.07) is 6.32. The molecule has 0 radical (unpaired) electrons. The van der Waals surface area contributed by atoms with E-state index in [2.05, 4.69) is 20.7 Å². The van der Waals surface area contributed by atoms with Gasteiger partial charge in [0.2, 0.25) is 0 Å². The van der Waals surface area contributed by atoms with E-state index in [9.17, 15) is 4.39 Å². The van der Waals surface area contributed by atoms with E-state index < -0.39 is 0 Å². The summed E-state index contributed by atoms with van der Waals surface area (Å²) >= 11 is 0. The van der Waals surface area contributed by atoms with Crippen molar-refractivity contribution >= 4 is 12.2 Å². The summed E-state index contributed by atoms with van der Waals surface area (Å²) in [6.07, 6.45) is 2.03. The quantitative estimate of drug-likeness (QED) is 0.483. The Labute approximate surface area is 103 Å². The third-order valence-corrected chi connectivity index (χ3v) is 2.36. The third-order valence-electron chi connectivity index (χ3n) is 2.36. The van der Waals surface area contributed by atoms with E-state index in [1.54, 1.807) is 18.2 Å². The monoisotopic (exact) mass is 248 g/mol. The smallest absolute Gasteiger partial charge is 0.263 e. The molecule has 1 heterocycles. The molecule has 2 aromatic rings. The van der Waals surface area contributed by atoms with Crippen molar-refractivity contribution in [3.63, 3.8) is 0 Å². The van der Waals surface area contributed by atoms with E-state index in [-0.39, 0.29) is 5.82 Å². The lowest BCUT2D eigenvalue weighted by atomic mass is 10.2. The Kier molecular flexibility index (Phi) is 3.52. The topological polar surface area (TPSA) is 81.1 Å². The number of nitrogens with zero attached hydrogens (tertiary/aromatic N) is 4. The Morgan fingerprint density at radius 2 is 2.22 bits per heavy atom. The second-order valence-corrected chi connectivity index (χ2v) is 3.55. The Morgan fingerprint density at radius 1 is 1.44 bits per heavy atom. The molecule has 0 unspecified atom stereocenters. The Morgan fingerprint density at radius 3 is 2.89 bits per heavy atom. The van der Waals surface area contributed by atoms with Crippen LogP contribution in [0.2, 0.25) is 0 Å². The van der Waals surface area contributed by atoms with Crippen LogP contribution in [0.5, 0.6) is 0 Å². The molecule has 0 fully saturated rings. The number of hydrazone groups is 1. The molecule has 94 valence electrons. The predicted molar refractivity (Wildman–Crippen MR) is 67.2 cm³/mol. The van der Waals surface area contributed by atoms with Gasteiger partial charge in [-0.25, -0.2) is 14.5 Å². The minimum Gasteiger partial charge on any atom is -0.335 e. The highest BCUT2D eigenvalue weighted by Crippen LogP contribution is 2.05. The Bertz CT molecular complexity index is 562.